The van der Waals surface area contributed by atoms with Gasteiger partial charge in [0.15, 0.2) is 0 Å². The SMILES string of the molecule is c1ccc2c(c1)ncn2-c1cc2[nH]c(C3CCCC3)nc2c(-n2c(C3CCC3)nc3ccccc32)c1-n1c(C2CC2)nc2ccccc21. The summed E-state index contributed by atoms with van der Waals surface area (Å²) in [4.78, 5) is 25.1. The average Bonchev–Trinajstić information content (AvgIpc) is 3.57. The normalized spacial score (nSPS) is 17.4. The van der Waals surface area contributed by atoms with Gasteiger partial charge in [-0.25, -0.2) is 19.9 Å². The Labute approximate surface area is 277 Å². The van der Waals surface area contributed by atoms with Gasteiger partial charge in [0.05, 0.1) is 50.0 Å². The first-order valence-electron chi connectivity index (χ1n) is 17.7. The molecule has 0 bridgehead atoms. The summed E-state index contributed by atoms with van der Waals surface area (Å²) < 4.78 is 7.22. The van der Waals surface area contributed by atoms with E-state index in [0.717, 1.165) is 104 Å². The van der Waals surface area contributed by atoms with Crippen molar-refractivity contribution >= 4 is 44.1 Å². The zero-order valence-corrected chi connectivity index (χ0v) is 26.8. The van der Waals surface area contributed by atoms with Crippen LogP contribution in [0.1, 0.15) is 93.0 Å². The molecule has 4 aromatic carbocycles. The second-order valence-corrected chi connectivity index (χ2v) is 14.2. The summed E-state index contributed by atoms with van der Waals surface area (Å²) in [6.07, 6.45) is 12.7. The lowest BCUT2D eigenvalue weighted by atomic mass is 9.84. The number of nitrogens with zero attached hydrogens (tertiary/aromatic N) is 7. The standard InChI is InChI=1S/C40H36N8/c1-2-11-24(10-1)38-42-30-22-34(46-23-41-27-14-3-6-17-31(27)46)36(47-32-18-7-4-15-28(32)44-40(47)26-20-21-26)37(35(30)45-38)48-33-19-8-5-16-29(33)43-39(48)25-12-9-13-25/h3-8,14-19,22-26H,1-2,9-13,20-21H2,(H,42,45). The lowest BCUT2D eigenvalue weighted by Crippen LogP contribution is -2.17. The monoisotopic (exact) mass is 628 g/mol. The number of imidazole rings is 4. The molecule has 0 unspecified atom stereocenters. The van der Waals surface area contributed by atoms with E-state index in [-0.39, 0.29) is 0 Å². The number of hydrogen-bond acceptors (Lipinski definition) is 4. The average molecular weight is 629 g/mol. The van der Waals surface area contributed by atoms with E-state index in [1.165, 1.54) is 32.1 Å². The molecule has 8 heteroatoms. The molecule has 3 aliphatic carbocycles. The van der Waals surface area contributed by atoms with Gasteiger partial charge in [0.2, 0.25) is 0 Å². The Morgan fingerprint density at radius 2 is 1.15 bits per heavy atom. The third-order valence-corrected chi connectivity index (χ3v) is 11.2. The van der Waals surface area contributed by atoms with E-state index in [2.05, 4.69) is 97.5 Å². The quantitative estimate of drug-likeness (QED) is 0.199. The third kappa shape index (κ3) is 3.89. The predicted molar refractivity (Wildman–Crippen MR) is 190 cm³/mol. The van der Waals surface area contributed by atoms with Crippen LogP contribution < -0.4 is 0 Å². The van der Waals surface area contributed by atoms with E-state index < -0.39 is 0 Å². The van der Waals surface area contributed by atoms with Crippen molar-refractivity contribution in [1.29, 1.82) is 0 Å². The minimum absolute atomic E-state index is 0.411. The largest absolute Gasteiger partial charge is 0.342 e. The van der Waals surface area contributed by atoms with Crippen molar-refractivity contribution in [2.45, 2.75) is 75.5 Å². The molecule has 4 heterocycles. The smallest absolute Gasteiger partial charge is 0.117 e. The highest BCUT2D eigenvalue weighted by Gasteiger charge is 2.35. The van der Waals surface area contributed by atoms with Crippen LogP contribution in [0.25, 0.3) is 61.2 Å². The zero-order chi connectivity index (χ0) is 31.3. The number of rotatable bonds is 6. The zero-order valence-electron chi connectivity index (χ0n) is 26.8. The molecule has 0 spiro atoms. The van der Waals surface area contributed by atoms with Crippen molar-refractivity contribution in [3.8, 4) is 17.1 Å². The van der Waals surface area contributed by atoms with Crippen LogP contribution in [0.4, 0.5) is 0 Å². The van der Waals surface area contributed by atoms with Crippen molar-refractivity contribution in [3.63, 3.8) is 0 Å². The van der Waals surface area contributed by atoms with Gasteiger partial charge in [-0.15, -0.1) is 0 Å². The van der Waals surface area contributed by atoms with Crippen LogP contribution in [0.5, 0.6) is 0 Å². The molecule has 3 saturated carbocycles. The molecule has 0 atom stereocenters. The van der Waals surface area contributed by atoms with Gasteiger partial charge in [0.1, 0.15) is 35.0 Å². The van der Waals surface area contributed by atoms with Gasteiger partial charge in [-0.3, -0.25) is 13.7 Å². The van der Waals surface area contributed by atoms with E-state index in [0.29, 0.717) is 17.8 Å². The number of nitrogens with one attached hydrogen (secondary N) is 1. The van der Waals surface area contributed by atoms with Crippen molar-refractivity contribution in [2.24, 2.45) is 0 Å². The van der Waals surface area contributed by atoms with Crippen molar-refractivity contribution in [2.75, 3.05) is 0 Å². The Kier molecular flexibility index (Phi) is 5.65. The number of fused-ring (bicyclic) bond motifs is 4. The predicted octanol–water partition coefficient (Wildman–Crippen LogP) is 9.38. The molecule has 236 valence electrons. The molecule has 0 amide bonds. The minimum Gasteiger partial charge on any atom is -0.342 e. The molecular formula is C40H36N8. The molecule has 3 aliphatic rings. The number of aromatic nitrogens is 8. The van der Waals surface area contributed by atoms with Crippen LogP contribution in [0.2, 0.25) is 0 Å². The number of hydrogen-bond donors (Lipinski definition) is 1. The fourth-order valence-electron chi connectivity index (χ4n) is 8.40. The first-order chi connectivity index (χ1) is 23.8. The maximum Gasteiger partial charge on any atom is 0.117 e. The number of benzene rings is 4. The Bertz CT molecular complexity index is 2530. The fourth-order valence-corrected chi connectivity index (χ4v) is 8.40. The lowest BCUT2D eigenvalue weighted by molar-refractivity contribution is 0.399. The highest BCUT2D eigenvalue weighted by atomic mass is 15.2. The van der Waals surface area contributed by atoms with Crippen LogP contribution in [-0.4, -0.2) is 38.6 Å². The summed E-state index contributed by atoms with van der Waals surface area (Å²) >= 11 is 0. The Hall–Kier alpha value is -5.24. The topological polar surface area (TPSA) is 82.1 Å². The molecule has 8 nitrogen and oxygen atoms in total. The van der Waals surface area contributed by atoms with Gasteiger partial charge in [-0.05, 0) is 81.0 Å². The van der Waals surface area contributed by atoms with E-state index in [4.69, 9.17) is 19.9 Å². The summed E-state index contributed by atoms with van der Waals surface area (Å²) in [5, 5.41) is 0. The molecule has 0 aliphatic heterocycles. The van der Waals surface area contributed by atoms with Gasteiger partial charge in [-0.2, -0.15) is 0 Å². The van der Waals surface area contributed by atoms with Gasteiger partial charge in [0.25, 0.3) is 0 Å². The van der Waals surface area contributed by atoms with Crippen LogP contribution in [0, 0.1) is 0 Å². The maximum absolute atomic E-state index is 5.56. The molecule has 1 N–H and O–H groups in total. The first-order valence-corrected chi connectivity index (χ1v) is 17.7. The number of aromatic amines is 1. The minimum atomic E-state index is 0.411. The van der Waals surface area contributed by atoms with Crippen LogP contribution >= 0.6 is 0 Å². The lowest BCUT2D eigenvalue weighted by Gasteiger charge is -2.27. The van der Waals surface area contributed by atoms with Crippen LogP contribution in [0.15, 0.2) is 85.2 Å². The summed E-state index contributed by atoms with van der Waals surface area (Å²) in [6, 6.07) is 28.0. The van der Waals surface area contributed by atoms with E-state index in [1.807, 2.05) is 6.33 Å². The summed E-state index contributed by atoms with van der Waals surface area (Å²) in [5.74, 6) is 4.66. The van der Waals surface area contributed by atoms with Crippen molar-refractivity contribution in [3.05, 3.63) is 103 Å². The van der Waals surface area contributed by atoms with Crippen LogP contribution in [-0.2, 0) is 0 Å². The molecular weight excluding hydrogens is 592 g/mol. The molecule has 8 aromatic rings. The van der Waals surface area contributed by atoms with Gasteiger partial charge in [0, 0.05) is 17.8 Å². The maximum atomic E-state index is 5.56. The van der Waals surface area contributed by atoms with Crippen molar-refractivity contribution in [1.82, 2.24) is 38.6 Å². The highest BCUT2D eigenvalue weighted by Crippen LogP contribution is 2.47. The third-order valence-electron chi connectivity index (χ3n) is 11.2. The molecule has 3 fully saturated rings. The molecule has 48 heavy (non-hydrogen) atoms. The Morgan fingerprint density at radius 1 is 0.562 bits per heavy atom. The van der Waals surface area contributed by atoms with Gasteiger partial charge in [-0.1, -0.05) is 55.7 Å². The van der Waals surface area contributed by atoms with Crippen LogP contribution in [0.3, 0.4) is 0 Å². The van der Waals surface area contributed by atoms with Gasteiger partial charge >= 0.3 is 0 Å². The molecule has 0 saturated heterocycles. The Morgan fingerprint density at radius 3 is 1.79 bits per heavy atom. The summed E-state index contributed by atoms with van der Waals surface area (Å²) in [5.41, 5.74) is 11.6. The first kappa shape index (κ1) is 26.8. The van der Waals surface area contributed by atoms with E-state index in [1.54, 1.807) is 0 Å². The molecule has 0 radical (unpaired) electrons. The summed E-state index contributed by atoms with van der Waals surface area (Å²) in [6.45, 7) is 0. The van der Waals surface area contributed by atoms with Gasteiger partial charge < -0.3 is 4.98 Å². The van der Waals surface area contributed by atoms with E-state index >= 15 is 0 Å². The second kappa shape index (κ2) is 10.1. The Balaban J connectivity index is 1.35. The summed E-state index contributed by atoms with van der Waals surface area (Å²) in [7, 11) is 0. The number of para-hydroxylation sites is 6. The van der Waals surface area contributed by atoms with Crippen molar-refractivity contribution < 1.29 is 0 Å². The van der Waals surface area contributed by atoms with E-state index in [9.17, 15) is 0 Å². The molecule has 4 aromatic heterocycles. The highest BCUT2D eigenvalue weighted by molar-refractivity contribution is 5.98. The number of H-pyrrole nitrogens is 1. The molecule has 11 rings (SSSR count). The second-order valence-electron chi connectivity index (χ2n) is 14.2. The fraction of sp³-hybridized carbons (Fsp3) is 0.300.